The maximum Gasteiger partial charge on any atom is 0.223 e. The van der Waals surface area contributed by atoms with Crippen LogP contribution in [0.15, 0.2) is 0 Å². The van der Waals surface area contributed by atoms with E-state index in [1.54, 1.807) is 0 Å². The van der Waals surface area contributed by atoms with Crippen molar-refractivity contribution in [3.63, 3.8) is 0 Å². The molecule has 128 valence electrons. The zero-order valence-corrected chi connectivity index (χ0v) is 15.6. The van der Waals surface area contributed by atoms with Gasteiger partial charge in [-0.3, -0.25) is 4.79 Å². The second kappa shape index (κ2) is 9.88. The van der Waals surface area contributed by atoms with Gasteiger partial charge in [-0.15, -0.1) is 24.8 Å². The first kappa shape index (κ1) is 23.2. The number of halogens is 2. The van der Waals surface area contributed by atoms with Crippen molar-refractivity contribution in [3.05, 3.63) is 0 Å². The van der Waals surface area contributed by atoms with Crippen molar-refractivity contribution in [1.29, 1.82) is 0 Å². The molecule has 1 aliphatic rings. The van der Waals surface area contributed by atoms with Crippen LogP contribution in [-0.2, 0) is 4.79 Å². The molecule has 0 radical (unpaired) electrons. The minimum atomic E-state index is 0. The Balaban J connectivity index is 0. The molecule has 0 aliphatic heterocycles. The van der Waals surface area contributed by atoms with Gasteiger partial charge in [0.05, 0.1) is 0 Å². The second-order valence-electron chi connectivity index (χ2n) is 7.29. The van der Waals surface area contributed by atoms with Gasteiger partial charge in [0.25, 0.3) is 0 Å². The number of nitrogens with two attached hydrogens (primary N) is 1. The number of amides is 1. The maximum atomic E-state index is 12.3. The molecule has 6 heteroatoms. The van der Waals surface area contributed by atoms with Crippen LogP contribution in [0.3, 0.4) is 0 Å². The number of carbonyl (C=O) groups is 1. The Morgan fingerprint density at radius 1 is 1.29 bits per heavy atom. The Morgan fingerprint density at radius 2 is 1.86 bits per heavy atom. The average Bonchev–Trinajstić information content (AvgIpc) is 2.68. The summed E-state index contributed by atoms with van der Waals surface area (Å²) in [7, 11) is 4.13. The monoisotopic (exact) mass is 341 g/mol. The highest BCUT2D eigenvalue weighted by molar-refractivity contribution is 5.85. The fourth-order valence-electron chi connectivity index (χ4n) is 2.65. The minimum absolute atomic E-state index is 0. The van der Waals surface area contributed by atoms with Gasteiger partial charge in [-0.2, -0.15) is 0 Å². The predicted molar refractivity (Wildman–Crippen MR) is 94.4 cm³/mol. The minimum Gasteiger partial charge on any atom is -0.353 e. The quantitative estimate of drug-likeness (QED) is 0.807. The molecule has 1 amide bonds. The molecule has 0 spiro atoms. The molecule has 1 rings (SSSR count). The molecule has 3 unspecified atom stereocenters. The SMILES string of the molecule is CN(C)CCC(NC(=O)C1CCC(N)C1)C(C)(C)C.Cl.Cl. The fourth-order valence-corrected chi connectivity index (χ4v) is 2.65. The first-order chi connectivity index (χ1) is 8.70. The molecular weight excluding hydrogens is 309 g/mol. The first-order valence-corrected chi connectivity index (χ1v) is 7.41. The third-order valence-electron chi connectivity index (χ3n) is 4.07. The molecule has 0 saturated heterocycles. The summed E-state index contributed by atoms with van der Waals surface area (Å²) in [6.07, 6.45) is 3.75. The highest BCUT2D eigenvalue weighted by atomic mass is 35.5. The molecule has 0 aromatic carbocycles. The Kier molecular flexibility index (Phi) is 10.9. The predicted octanol–water partition coefficient (Wildman–Crippen LogP) is 2.44. The fraction of sp³-hybridized carbons (Fsp3) is 0.933. The van der Waals surface area contributed by atoms with Crippen molar-refractivity contribution in [1.82, 2.24) is 10.2 Å². The van der Waals surface area contributed by atoms with Gasteiger partial charge >= 0.3 is 0 Å². The van der Waals surface area contributed by atoms with E-state index in [4.69, 9.17) is 5.73 Å². The van der Waals surface area contributed by atoms with Crippen molar-refractivity contribution in [2.45, 2.75) is 58.5 Å². The highest BCUT2D eigenvalue weighted by Gasteiger charge is 2.32. The van der Waals surface area contributed by atoms with E-state index in [0.29, 0.717) is 0 Å². The van der Waals surface area contributed by atoms with Crippen LogP contribution in [-0.4, -0.2) is 43.5 Å². The van der Waals surface area contributed by atoms with Crippen LogP contribution in [0.25, 0.3) is 0 Å². The number of nitrogens with one attached hydrogen (secondary N) is 1. The van der Waals surface area contributed by atoms with Crippen LogP contribution >= 0.6 is 24.8 Å². The number of hydrogen-bond acceptors (Lipinski definition) is 3. The number of hydrogen-bond donors (Lipinski definition) is 2. The molecule has 21 heavy (non-hydrogen) atoms. The second-order valence-corrected chi connectivity index (χ2v) is 7.29. The summed E-state index contributed by atoms with van der Waals surface area (Å²) >= 11 is 0. The molecule has 1 fully saturated rings. The lowest BCUT2D eigenvalue weighted by molar-refractivity contribution is -0.126. The van der Waals surface area contributed by atoms with Crippen LogP contribution < -0.4 is 11.1 Å². The molecule has 0 bridgehead atoms. The van der Waals surface area contributed by atoms with Crippen LogP contribution in [0.1, 0.15) is 46.5 Å². The van der Waals surface area contributed by atoms with E-state index in [2.05, 4.69) is 45.1 Å². The third-order valence-corrected chi connectivity index (χ3v) is 4.07. The average molecular weight is 342 g/mol. The Morgan fingerprint density at radius 3 is 2.24 bits per heavy atom. The summed E-state index contributed by atoms with van der Waals surface area (Å²) in [6.45, 7) is 7.56. The molecular formula is C15H33Cl2N3O. The summed E-state index contributed by atoms with van der Waals surface area (Å²) in [4.78, 5) is 14.5. The Labute approximate surface area is 142 Å². The van der Waals surface area contributed by atoms with E-state index in [0.717, 1.165) is 32.2 Å². The topological polar surface area (TPSA) is 58.4 Å². The van der Waals surface area contributed by atoms with Crippen LogP contribution in [0.4, 0.5) is 0 Å². The third kappa shape index (κ3) is 8.24. The summed E-state index contributed by atoms with van der Waals surface area (Å²) in [5.41, 5.74) is 5.98. The van der Waals surface area contributed by atoms with E-state index in [1.807, 2.05) is 0 Å². The largest absolute Gasteiger partial charge is 0.353 e. The summed E-state index contributed by atoms with van der Waals surface area (Å²) in [5, 5.41) is 3.25. The molecule has 4 nitrogen and oxygen atoms in total. The van der Waals surface area contributed by atoms with Gasteiger partial charge in [-0.25, -0.2) is 0 Å². The number of nitrogens with zero attached hydrogens (tertiary/aromatic N) is 1. The lowest BCUT2D eigenvalue weighted by atomic mass is 9.84. The molecule has 1 saturated carbocycles. The van der Waals surface area contributed by atoms with Crippen LogP contribution in [0.2, 0.25) is 0 Å². The van der Waals surface area contributed by atoms with E-state index in [-0.39, 0.29) is 54.1 Å². The van der Waals surface area contributed by atoms with Crippen molar-refractivity contribution >= 4 is 30.7 Å². The van der Waals surface area contributed by atoms with Gasteiger partial charge in [0.2, 0.25) is 5.91 Å². The van der Waals surface area contributed by atoms with Gasteiger partial charge in [-0.1, -0.05) is 20.8 Å². The normalized spacial score (nSPS) is 23.2. The number of rotatable bonds is 5. The Bertz CT molecular complexity index is 306. The van der Waals surface area contributed by atoms with E-state index in [9.17, 15) is 4.79 Å². The molecule has 3 N–H and O–H groups in total. The lowest BCUT2D eigenvalue weighted by Gasteiger charge is -2.33. The highest BCUT2D eigenvalue weighted by Crippen LogP contribution is 2.27. The van der Waals surface area contributed by atoms with Gasteiger partial charge in [0, 0.05) is 18.0 Å². The van der Waals surface area contributed by atoms with Gasteiger partial charge in [0.15, 0.2) is 0 Å². The maximum absolute atomic E-state index is 12.3. The van der Waals surface area contributed by atoms with Crippen molar-refractivity contribution in [2.75, 3.05) is 20.6 Å². The molecule has 0 aromatic rings. The molecule has 0 heterocycles. The van der Waals surface area contributed by atoms with Crippen LogP contribution in [0, 0.1) is 11.3 Å². The smallest absolute Gasteiger partial charge is 0.223 e. The van der Waals surface area contributed by atoms with Gasteiger partial charge in [0.1, 0.15) is 0 Å². The summed E-state index contributed by atoms with van der Waals surface area (Å²) in [6, 6.07) is 0.435. The standard InChI is InChI=1S/C15H31N3O.2ClH/c1-15(2,3)13(8-9-18(4)5)17-14(19)11-6-7-12(16)10-11;;/h11-13H,6-10,16H2,1-5H3,(H,17,19);2*1H. The summed E-state index contributed by atoms with van der Waals surface area (Å²) in [5.74, 6) is 0.325. The summed E-state index contributed by atoms with van der Waals surface area (Å²) < 4.78 is 0. The van der Waals surface area contributed by atoms with Crippen LogP contribution in [0.5, 0.6) is 0 Å². The Hall–Kier alpha value is -0.0300. The van der Waals surface area contributed by atoms with Crippen molar-refractivity contribution in [3.8, 4) is 0 Å². The van der Waals surface area contributed by atoms with E-state index in [1.165, 1.54) is 0 Å². The van der Waals surface area contributed by atoms with Gasteiger partial charge in [-0.05, 0) is 51.7 Å². The first-order valence-electron chi connectivity index (χ1n) is 7.41. The lowest BCUT2D eigenvalue weighted by Crippen LogP contribution is -2.47. The molecule has 0 aromatic heterocycles. The van der Waals surface area contributed by atoms with Crippen molar-refractivity contribution < 1.29 is 4.79 Å². The zero-order chi connectivity index (χ0) is 14.6. The van der Waals surface area contributed by atoms with E-state index < -0.39 is 0 Å². The van der Waals surface area contributed by atoms with E-state index >= 15 is 0 Å². The number of carbonyl (C=O) groups excluding carboxylic acids is 1. The molecule has 1 aliphatic carbocycles. The van der Waals surface area contributed by atoms with Gasteiger partial charge < -0.3 is 16.0 Å². The van der Waals surface area contributed by atoms with Crippen molar-refractivity contribution in [2.24, 2.45) is 17.1 Å². The molecule has 3 atom stereocenters. The zero-order valence-electron chi connectivity index (χ0n) is 14.0.